The quantitative estimate of drug-likeness (QED) is 0.676. The molecule has 0 aromatic carbocycles. The highest BCUT2D eigenvalue weighted by molar-refractivity contribution is 6.47. The normalized spacial score (nSPS) is 11.9. The van der Waals surface area contributed by atoms with Gasteiger partial charge < -0.3 is 24.5 Å². The summed E-state index contributed by atoms with van der Waals surface area (Å²) >= 11 is 0. The number of hydrogen-bond donors (Lipinski definition) is 2. The van der Waals surface area contributed by atoms with Gasteiger partial charge in [-0.2, -0.15) is 0 Å². The molecule has 2 rings (SSSR count). The molecule has 2 aromatic heterocycles. The number of carbonyl (C=O) groups excluding carboxylic acids is 1. The maximum absolute atomic E-state index is 12.5. The Kier molecular flexibility index (Phi) is 6.55. The fourth-order valence-electron chi connectivity index (χ4n) is 2.24. The number of rotatable bonds is 7. The molecular weight excluding hydrogens is 371 g/mol. The molecule has 2 aromatic rings. The van der Waals surface area contributed by atoms with E-state index in [2.05, 4.69) is 10.3 Å². The zero-order valence-electron chi connectivity index (χ0n) is 18.0. The molecule has 0 saturated carbocycles. The third kappa shape index (κ3) is 5.45. The van der Waals surface area contributed by atoms with Crippen LogP contribution in [0, 0.1) is 0 Å². The summed E-state index contributed by atoms with van der Waals surface area (Å²) in [6, 6.07) is 4.93. The van der Waals surface area contributed by atoms with Gasteiger partial charge in [0.15, 0.2) is 0 Å². The third-order valence-electron chi connectivity index (χ3n) is 4.85. The molecule has 2 N–H and O–H groups in total. The number of nitrogens with one attached hydrogen (secondary N) is 1. The number of anilines is 2. The van der Waals surface area contributed by atoms with Crippen LogP contribution in [-0.2, 0) is 11.7 Å². The maximum atomic E-state index is 12.5. The lowest BCUT2D eigenvalue weighted by molar-refractivity contribution is -0.0893. The van der Waals surface area contributed by atoms with Crippen molar-refractivity contribution in [3.8, 4) is 0 Å². The van der Waals surface area contributed by atoms with Crippen LogP contribution in [0.2, 0.25) is 0 Å². The molecule has 0 fully saturated rings. The molecule has 0 atom stereocenters. The Bertz CT molecular complexity index is 931. The van der Waals surface area contributed by atoms with Gasteiger partial charge in [0, 0.05) is 33.5 Å². The minimum Gasteiger partial charge on any atom is -0.427 e. The highest BCUT2D eigenvalue weighted by Crippen LogP contribution is 2.24. The van der Waals surface area contributed by atoms with E-state index in [9.17, 15) is 14.7 Å². The highest BCUT2D eigenvalue weighted by atomic mass is 16.5. The van der Waals surface area contributed by atoms with Crippen LogP contribution in [0.25, 0.3) is 0 Å². The summed E-state index contributed by atoms with van der Waals surface area (Å²) in [5.41, 5.74) is -0.708. The van der Waals surface area contributed by atoms with Gasteiger partial charge in [-0.3, -0.25) is 9.59 Å². The molecular formula is C20H28BN4O4. The van der Waals surface area contributed by atoms with Crippen LogP contribution in [0.5, 0.6) is 0 Å². The Labute approximate surface area is 171 Å². The van der Waals surface area contributed by atoms with Crippen LogP contribution in [0.4, 0.5) is 11.5 Å². The van der Waals surface area contributed by atoms with Gasteiger partial charge in [0.05, 0.1) is 16.8 Å². The van der Waals surface area contributed by atoms with Crippen LogP contribution >= 0.6 is 0 Å². The summed E-state index contributed by atoms with van der Waals surface area (Å²) in [4.78, 5) is 30.1. The molecule has 155 valence electrons. The van der Waals surface area contributed by atoms with Gasteiger partial charge >= 0.3 is 7.48 Å². The zero-order chi connectivity index (χ0) is 22.0. The number of aryl methyl sites for hydroxylation is 1. The monoisotopic (exact) mass is 399 g/mol. The predicted octanol–water partition coefficient (Wildman–Crippen LogP) is 1.04. The summed E-state index contributed by atoms with van der Waals surface area (Å²) in [6.07, 6.45) is 3.10. The average Bonchev–Trinajstić information content (AvgIpc) is 2.63. The Hall–Kier alpha value is -2.65. The molecule has 8 nitrogen and oxygen atoms in total. The first-order chi connectivity index (χ1) is 13.3. The van der Waals surface area contributed by atoms with Crippen LogP contribution in [0.3, 0.4) is 0 Å². The number of pyridine rings is 2. The molecule has 0 unspecified atom stereocenters. The van der Waals surface area contributed by atoms with E-state index in [1.54, 1.807) is 73.2 Å². The number of nitrogens with zero attached hydrogens (tertiary/aromatic N) is 3. The summed E-state index contributed by atoms with van der Waals surface area (Å²) in [7, 11) is 6.48. The van der Waals surface area contributed by atoms with Crippen molar-refractivity contribution in [2.24, 2.45) is 7.05 Å². The Morgan fingerprint density at radius 3 is 2.45 bits per heavy atom. The zero-order valence-corrected chi connectivity index (χ0v) is 18.0. The first-order valence-electron chi connectivity index (χ1n) is 9.20. The van der Waals surface area contributed by atoms with E-state index < -0.39 is 11.2 Å². The van der Waals surface area contributed by atoms with Gasteiger partial charge in [0.25, 0.3) is 11.5 Å². The first-order valence-corrected chi connectivity index (χ1v) is 9.20. The minimum atomic E-state index is -1.05. The lowest BCUT2D eigenvalue weighted by Crippen LogP contribution is -2.49. The second kappa shape index (κ2) is 8.38. The van der Waals surface area contributed by atoms with Gasteiger partial charge in [-0.25, -0.2) is 4.98 Å². The van der Waals surface area contributed by atoms with E-state index in [1.807, 2.05) is 0 Å². The predicted molar refractivity (Wildman–Crippen MR) is 114 cm³/mol. The number of aliphatic hydroxyl groups is 1. The van der Waals surface area contributed by atoms with Gasteiger partial charge in [0.1, 0.15) is 11.5 Å². The Morgan fingerprint density at radius 2 is 1.93 bits per heavy atom. The lowest BCUT2D eigenvalue weighted by Gasteiger charge is -2.37. The van der Waals surface area contributed by atoms with Crippen molar-refractivity contribution < 1.29 is 14.6 Å². The van der Waals surface area contributed by atoms with Crippen LogP contribution < -0.4 is 16.3 Å². The minimum absolute atomic E-state index is 0.150. The molecule has 1 amide bonds. The number of carbonyl (C=O) groups is 1. The summed E-state index contributed by atoms with van der Waals surface area (Å²) < 4.78 is 7.20. The molecule has 29 heavy (non-hydrogen) atoms. The third-order valence-corrected chi connectivity index (χ3v) is 4.85. The first kappa shape index (κ1) is 22.6. The largest absolute Gasteiger partial charge is 0.427 e. The van der Waals surface area contributed by atoms with E-state index in [0.717, 1.165) is 0 Å². The van der Waals surface area contributed by atoms with Crippen molar-refractivity contribution in [1.29, 1.82) is 0 Å². The summed E-state index contributed by atoms with van der Waals surface area (Å²) in [5.74, 6) is 0.287. The van der Waals surface area contributed by atoms with Crippen molar-refractivity contribution >= 4 is 30.4 Å². The Morgan fingerprint density at radius 1 is 1.28 bits per heavy atom. The number of amides is 1. The second-order valence-corrected chi connectivity index (χ2v) is 8.16. The van der Waals surface area contributed by atoms with E-state index in [1.165, 1.54) is 23.1 Å². The van der Waals surface area contributed by atoms with Gasteiger partial charge in [-0.05, 0) is 51.4 Å². The van der Waals surface area contributed by atoms with Crippen molar-refractivity contribution in [2.75, 3.05) is 19.4 Å². The molecule has 9 heteroatoms. The second-order valence-electron chi connectivity index (χ2n) is 8.16. The molecule has 1 radical (unpaired) electrons. The van der Waals surface area contributed by atoms with Crippen LogP contribution in [0.15, 0.2) is 35.4 Å². The maximum Gasteiger partial charge on any atom is 0.332 e. The molecule has 0 bridgehead atoms. The molecule has 0 saturated heterocycles. The van der Waals surface area contributed by atoms with Crippen molar-refractivity contribution in [3.05, 3.63) is 46.5 Å². The highest BCUT2D eigenvalue weighted by Gasteiger charge is 2.35. The smallest absolute Gasteiger partial charge is 0.332 e. The van der Waals surface area contributed by atoms with Crippen LogP contribution in [0.1, 0.15) is 38.1 Å². The number of hydrogen-bond acceptors (Lipinski definition) is 6. The molecule has 2 heterocycles. The van der Waals surface area contributed by atoms with Crippen molar-refractivity contribution in [2.45, 2.75) is 38.9 Å². The molecule has 0 aliphatic rings. The van der Waals surface area contributed by atoms with E-state index in [4.69, 9.17) is 4.65 Å². The van der Waals surface area contributed by atoms with Gasteiger partial charge in [0.2, 0.25) is 0 Å². The fraction of sp³-hybridized carbons (Fsp3) is 0.450. The summed E-state index contributed by atoms with van der Waals surface area (Å²) in [5, 5.41) is 13.2. The number of aromatic nitrogens is 2. The Balaban J connectivity index is 2.21. The van der Waals surface area contributed by atoms with E-state index in [-0.39, 0.29) is 11.5 Å². The van der Waals surface area contributed by atoms with Gasteiger partial charge in [-0.1, -0.05) is 0 Å². The molecule has 0 aliphatic carbocycles. The van der Waals surface area contributed by atoms with E-state index in [0.29, 0.717) is 22.5 Å². The average molecular weight is 399 g/mol. The summed E-state index contributed by atoms with van der Waals surface area (Å²) in [6.45, 7) is 6.91. The standard InChI is InChI=1S/C20H28BN4O4/c1-19(2,28)20(3,4)29-21-14-10-15(18(27)25(7)12-14)23-16-9-8-13(11-22-16)17(26)24(5)6/h8-12,28H,1-7H3,(H,22,23). The van der Waals surface area contributed by atoms with E-state index >= 15 is 0 Å². The van der Waals surface area contributed by atoms with Crippen molar-refractivity contribution in [3.63, 3.8) is 0 Å². The topological polar surface area (TPSA) is 96.7 Å². The SMILES string of the molecule is CN(C)C(=O)c1ccc(Nc2cc([B]OC(C)(C)C(C)(C)O)cn(C)c2=O)nc1. The lowest BCUT2D eigenvalue weighted by atomic mass is 9.83. The van der Waals surface area contributed by atoms with Gasteiger partial charge in [-0.15, -0.1) is 0 Å². The van der Waals surface area contributed by atoms with Crippen molar-refractivity contribution in [1.82, 2.24) is 14.5 Å². The van der Waals surface area contributed by atoms with Crippen LogP contribution in [-0.4, -0.2) is 58.2 Å². The fourth-order valence-corrected chi connectivity index (χ4v) is 2.24. The molecule has 0 spiro atoms. The molecule has 0 aliphatic heterocycles.